The molecule has 0 fully saturated rings. The van der Waals surface area contributed by atoms with Crippen molar-refractivity contribution in [2.24, 2.45) is 0 Å². The van der Waals surface area contributed by atoms with E-state index >= 15 is 0 Å². The van der Waals surface area contributed by atoms with E-state index in [4.69, 9.17) is 4.52 Å². The summed E-state index contributed by atoms with van der Waals surface area (Å²) in [6.45, 7) is 1.84. The molecule has 17 heavy (non-hydrogen) atoms. The highest BCUT2D eigenvalue weighted by Gasteiger charge is 2.06. The van der Waals surface area contributed by atoms with Gasteiger partial charge in [-0.3, -0.25) is 0 Å². The predicted molar refractivity (Wildman–Crippen MR) is 73.7 cm³/mol. The van der Waals surface area contributed by atoms with E-state index in [0.29, 0.717) is 8.95 Å². The normalized spacial score (nSPS) is 11.2. The monoisotopic (exact) mass is 357 g/mol. The van der Waals surface area contributed by atoms with Crippen LogP contribution in [0, 0.1) is 6.92 Å². The van der Waals surface area contributed by atoms with E-state index in [2.05, 4.69) is 37.0 Å². The average Bonchev–Trinajstić information content (AvgIpc) is 2.71. The highest BCUT2D eigenvalue weighted by Crippen LogP contribution is 2.35. The quantitative estimate of drug-likeness (QED) is 0.866. The first-order valence-corrected chi connectivity index (χ1v) is 6.45. The minimum Gasteiger partial charge on any atom is -0.506 e. The number of hydrogen-bond donors (Lipinski definition) is 1. The lowest BCUT2D eigenvalue weighted by atomic mass is 10.2. The van der Waals surface area contributed by atoms with Gasteiger partial charge in [-0.05, 0) is 56.5 Å². The van der Waals surface area contributed by atoms with Crippen LogP contribution in [0.5, 0.6) is 5.75 Å². The summed E-state index contributed by atoms with van der Waals surface area (Å²) >= 11 is 6.58. The van der Waals surface area contributed by atoms with Gasteiger partial charge in [-0.1, -0.05) is 17.3 Å². The number of phenols is 1. The van der Waals surface area contributed by atoms with Crippen molar-refractivity contribution in [3.8, 4) is 5.75 Å². The number of rotatable bonds is 2. The Balaban J connectivity index is 2.30. The number of aryl methyl sites for hydroxylation is 1. The van der Waals surface area contributed by atoms with Crippen LogP contribution in [0.2, 0.25) is 0 Å². The van der Waals surface area contributed by atoms with Gasteiger partial charge in [0.15, 0.2) is 0 Å². The second kappa shape index (κ2) is 5.06. The summed E-state index contributed by atoms with van der Waals surface area (Å²) in [6.07, 6.45) is 3.68. The summed E-state index contributed by atoms with van der Waals surface area (Å²) in [7, 11) is 0. The summed E-state index contributed by atoms with van der Waals surface area (Å²) in [5.74, 6) is 0.950. The number of benzene rings is 1. The van der Waals surface area contributed by atoms with Gasteiger partial charge in [0.05, 0.1) is 8.95 Å². The van der Waals surface area contributed by atoms with Crippen molar-refractivity contribution in [1.29, 1.82) is 0 Å². The molecule has 0 aliphatic heterocycles. The Kier molecular flexibility index (Phi) is 3.69. The van der Waals surface area contributed by atoms with Crippen LogP contribution in [0.15, 0.2) is 31.7 Å². The molecular formula is C12H9Br2NO2. The molecule has 0 unspecified atom stereocenters. The van der Waals surface area contributed by atoms with E-state index in [0.717, 1.165) is 17.0 Å². The Morgan fingerprint density at radius 1 is 1.29 bits per heavy atom. The molecule has 0 aliphatic rings. The molecule has 3 nitrogen and oxygen atoms in total. The Labute approximate surface area is 115 Å². The minimum atomic E-state index is 0.184. The molecule has 1 aromatic heterocycles. The zero-order valence-corrected chi connectivity index (χ0v) is 12.1. The molecule has 0 bridgehead atoms. The summed E-state index contributed by atoms with van der Waals surface area (Å²) in [6, 6.07) is 5.51. The minimum absolute atomic E-state index is 0.184. The fraction of sp³-hybridized carbons (Fsp3) is 0.0833. The molecular weight excluding hydrogens is 350 g/mol. The van der Waals surface area contributed by atoms with Crippen LogP contribution in [0.1, 0.15) is 17.0 Å². The van der Waals surface area contributed by atoms with E-state index in [-0.39, 0.29) is 5.75 Å². The van der Waals surface area contributed by atoms with E-state index in [9.17, 15) is 5.11 Å². The van der Waals surface area contributed by atoms with Crippen molar-refractivity contribution < 1.29 is 9.63 Å². The summed E-state index contributed by atoms with van der Waals surface area (Å²) in [5, 5.41) is 13.6. The molecule has 1 N–H and O–H groups in total. The number of aromatic nitrogens is 1. The maximum absolute atomic E-state index is 9.73. The first-order valence-electron chi connectivity index (χ1n) is 4.86. The largest absolute Gasteiger partial charge is 0.506 e. The van der Waals surface area contributed by atoms with Gasteiger partial charge in [0.25, 0.3) is 0 Å². The van der Waals surface area contributed by atoms with Crippen molar-refractivity contribution in [3.05, 3.63) is 44.2 Å². The van der Waals surface area contributed by atoms with Gasteiger partial charge in [-0.15, -0.1) is 0 Å². The van der Waals surface area contributed by atoms with Crippen molar-refractivity contribution in [3.63, 3.8) is 0 Å². The van der Waals surface area contributed by atoms with Crippen molar-refractivity contribution in [2.45, 2.75) is 6.92 Å². The molecule has 0 spiro atoms. The summed E-state index contributed by atoms with van der Waals surface area (Å²) < 4.78 is 6.25. The number of nitrogens with zero attached hydrogens (tertiary/aromatic N) is 1. The van der Waals surface area contributed by atoms with E-state index in [1.165, 1.54) is 0 Å². The Bertz CT molecular complexity index is 576. The molecule has 0 saturated carbocycles. The van der Waals surface area contributed by atoms with Gasteiger partial charge in [0.2, 0.25) is 0 Å². The molecule has 1 heterocycles. The van der Waals surface area contributed by atoms with Crippen LogP contribution in [0.25, 0.3) is 12.2 Å². The summed E-state index contributed by atoms with van der Waals surface area (Å²) in [5.41, 5.74) is 1.61. The topological polar surface area (TPSA) is 46.3 Å². The molecule has 5 heteroatoms. The van der Waals surface area contributed by atoms with Gasteiger partial charge in [-0.2, -0.15) is 0 Å². The van der Waals surface area contributed by atoms with E-state index in [1.54, 1.807) is 6.07 Å². The molecule has 0 amide bonds. The lowest BCUT2D eigenvalue weighted by molar-refractivity contribution is 0.396. The SMILES string of the molecule is Cc1cc(/C=C/c2ccc(Br)c(O)c2Br)no1. The molecule has 0 radical (unpaired) electrons. The number of halogens is 2. The predicted octanol–water partition coefficient (Wildman–Crippen LogP) is 4.38. The summed E-state index contributed by atoms with van der Waals surface area (Å²) in [4.78, 5) is 0. The van der Waals surface area contributed by atoms with Crippen molar-refractivity contribution in [2.75, 3.05) is 0 Å². The zero-order chi connectivity index (χ0) is 12.4. The molecule has 0 aliphatic carbocycles. The molecule has 2 rings (SSSR count). The Hall–Kier alpha value is -1.07. The first kappa shape index (κ1) is 12.4. The van der Waals surface area contributed by atoms with Crippen LogP contribution >= 0.6 is 31.9 Å². The van der Waals surface area contributed by atoms with E-state index < -0.39 is 0 Å². The number of aromatic hydroxyl groups is 1. The van der Waals surface area contributed by atoms with Crippen LogP contribution in [-0.4, -0.2) is 10.3 Å². The van der Waals surface area contributed by atoms with Gasteiger partial charge in [0, 0.05) is 6.07 Å². The maximum atomic E-state index is 9.73. The van der Waals surface area contributed by atoms with E-state index in [1.807, 2.05) is 31.2 Å². The number of hydrogen-bond acceptors (Lipinski definition) is 3. The molecule has 0 saturated heterocycles. The van der Waals surface area contributed by atoms with Crippen LogP contribution in [0.4, 0.5) is 0 Å². The first-order chi connectivity index (χ1) is 8.08. The van der Waals surface area contributed by atoms with Gasteiger partial charge < -0.3 is 9.63 Å². The molecule has 0 atom stereocenters. The van der Waals surface area contributed by atoms with Crippen LogP contribution in [0.3, 0.4) is 0 Å². The molecule has 88 valence electrons. The smallest absolute Gasteiger partial charge is 0.144 e. The zero-order valence-electron chi connectivity index (χ0n) is 8.95. The van der Waals surface area contributed by atoms with Crippen LogP contribution in [-0.2, 0) is 0 Å². The third-order valence-electron chi connectivity index (χ3n) is 2.18. The second-order valence-corrected chi connectivity index (χ2v) is 5.14. The Morgan fingerprint density at radius 2 is 2.06 bits per heavy atom. The standard InChI is InChI=1S/C12H9Br2NO2/c1-7-6-9(15-17-7)4-2-8-3-5-10(13)12(16)11(8)14/h2-6,16H,1H3/b4-2+. The fourth-order valence-corrected chi connectivity index (χ4v) is 2.40. The fourth-order valence-electron chi connectivity index (χ4n) is 1.32. The second-order valence-electron chi connectivity index (χ2n) is 3.49. The van der Waals surface area contributed by atoms with Crippen LogP contribution < -0.4 is 0 Å². The van der Waals surface area contributed by atoms with Crippen molar-refractivity contribution >= 4 is 44.0 Å². The van der Waals surface area contributed by atoms with Gasteiger partial charge >= 0.3 is 0 Å². The maximum Gasteiger partial charge on any atom is 0.144 e. The molecule has 2 aromatic rings. The Morgan fingerprint density at radius 3 is 2.71 bits per heavy atom. The lowest BCUT2D eigenvalue weighted by Crippen LogP contribution is -1.78. The van der Waals surface area contributed by atoms with Crippen molar-refractivity contribution in [1.82, 2.24) is 5.16 Å². The highest BCUT2D eigenvalue weighted by atomic mass is 79.9. The third kappa shape index (κ3) is 2.79. The number of phenolic OH excluding ortho intramolecular Hbond substituents is 1. The van der Waals surface area contributed by atoms with Gasteiger partial charge in [0.1, 0.15) is 17.2 Å². The lowest BCUT2D eigenvalue weighted by Gasteiger charge is -2.03. The third-order valence-corrected chi connectivity index (χ3v) is 3.65. The van der Waals surface area contributed by atoms with Gasteiger partial charge in [-0.25, -0.2) is 0 Å². The highest BCUT2D eigenvalue weighted by molar-refractivity contribution is 9.11. The molecule has 1 aromatic carbocycles. The average molecular weight is 359 g/mol.